The van der Waals surface area contributed by atoms with Crippen LogP contribution >= 0.6 is 0 Å². The average Bonchev–Trinajstić information content (AvgIpc) is 2.66. The van der Waals surface area contributed by atoms with Crippen molar-refractivity contribution in [2.75, 3.05) is 25.5 Å². The van der Waals surface area contributed by atoms with E-state index in [1.54, 1.807) is 24.1 Å². The highest BCUT2D eigenvalue weighted by Crippen LogP contribution is 2.10. The first-order chi connectivity index (χ1) is 12.8. The molecule has 1 aromatic carbocycles. The molecule has 0 spiro atoms. The normalized spacial score (nSPS) is 11.2. The summed E-state index contributed by atoms with van der Waals surface area (Å²) in [6.45, 7) is 3.36. The molecule has 0 saturated heterocycles. The van der Waals surface area contributed by atoms with E-state index in [2.05, 4.69) is 22.2 Å². The van der Waals surface area contributed by atoms with E-state index >= 15 is 0 Å². The van der Waals surface area contributed by atoms with Gasteiger partial charge in [-0.1, -0.05) is 25.5 Å². The molecule has 1 heterocycles. The number of nitrogens with two attached hydrogens (primary N) is 1. The summed E-state index contributed by atoms with van der Waals surface area (Å²) in [6.07, 6.45) is 5.65. The van der Waals surface area contributed by atoms with Crippen molar-refractivity contribution < 1.29 is 13.2 Å². The molecule has 27 heavy (non-hydrogen) atoms. The number of hydrogen-bond acceptors (Lipinski definition) is 6. The van der Waals surface area contributed by atoms with Gasteiger partial charge in [0.2, 0.25) is 10.0 Å². The Labute approximate surface area is 159 Å². The van der Waals surface area contributed by atoms with Crippen LogP contribution in [0.3, 0.4) is 0 Å². The third-order valence-electron chi connectivity index (χ3n) is 4.04. The molecule has 3 N–H and O–H groups in total. The lowest BCUT2D eigenvalue weighted by Gasteiger charge is -2.16. The van der Waals surface area contributed by atoms with Crippen LogP contribution in [0.25, 0.3) is 0 Å². The molecule has 0 saturated carbocycles. The second-order valence-electron chi connectivity index (χ2n) is 6.23. The third kappa shape index (κ3) is 6.30. The smallest absolute Gasteiger partial charge is 0.273 e. The van der Waals surface area contributed by atoms with Crippen molar-refractivity contribution in [3.05, 3.63) is 47.9 Å². The van der Waals surface area contributed by atoms with E-state index in [4.69, 9.17) is 5.14 Å². The maximum absolute atomic E-state index is 12.2. The number of hydrogen-bond donors (Lipinski definition) is 2. The molecule has 0 aliphatic carbocycles. The van der Waals surface area contributed by atoms with Gasteiger partial charge in [-0.05, 0) is 30.5 Å². The first kappa shape index (κ1) is 20.8. The van der Waals surface area contributed by atoms with Gasteiger partial charge < -0.3 is 10.2 Å². The van der Waals surface area contributed by atoms with E-state index in [9.17, 15) is 13.2 Å². The second kappa shape index (κ2) is 9.43. The Morgan fingerprint density at radius 2 is 1.89 bits per heavy atom. The minimum atomic E-state index is -3.67. The van der Waals surface area contributed by atoms with Gasteiger partial charge in [0.25, 0.3) is 5.91 Å². The summed E-state index contributed by atoms with van der Waals surface area (Å²) in [6, 6.07) is 6.42. The highest BCUT2D eigenvalue weighted by Gasteiger charge is 2.13. The van der Waals surface area contributed by atoms with Crippen molar-refractivity contribution in [3.63, 3.8) is 0 Å². The topological polar surface area (TPSA) is 118 Å². The monoisotopic (exact) mass is 391 g/mol. The summed E-state index contributed by atoms with van der Waals surface area (Å²) in [5.41, 5.74) is 1.28. The molecule has 0 bridgehead atoms. The first-order valence-corrected chi connectivity index (χ1v) is 10.3. The van der Waals surface area contributed by atoms with Gasteiger partial charge in [0.1, 0.15) is 11.5 Å². The number of amides is 1. The summed E-state index contributed by atoms with van der Waals surface area (Å²) < 4.78 is 22.5. The molecule has 0 fully saturated rings. The van der Waals surface area contributed by atoms with Crippen LogP contribution in [-0.4, -0.2) is 49.3 Å². The van der Waals surface area contributed by atoms with Gasteiger partial charge in [0, 0.05) is 20.1 Å². The van der Waals surface area contributed by atoms with E-state index in [1.165, 1.54) is 24.5 Å². The Morgan fingerprint density at radius 1 is 1.19 bits per heavy atom. The number of benzene rings is 1. The molecular weight excluding hydrogens is 366 g/mol. The minimum absolute atomic E-state index is 0.0919. The van der Waals surface area contributed by atoms with E-state index in [-0.39, 0.29) is 10.8 Å². The van der Waals surface area contributed by atoms with Gasteiger partial charge in [-0.3, -0.25) is 4.79 Å². The number of unbranched alkanes of at least 4 members (excludes halogenated alkanes) is 1. The van der Waals surface area contributed by atoms with E-state index < -0.39 is 10.0 Å². The van der Waals surface area contributed by atoms with Gasteiger partial charge in [0.05, 0.1) is 17.3 Å². The number of primary sulfonamides is 1. The zero-order valence-corrected chi connectivity index (χ0v) is 16.4. The van der Waals surface area contributed by atoms with Gasteiger partial charge >= 0.3 is 0 Å². The molecule has 0 atom stereocenters. The Balaban J connectivity index is 1.85. The van der Waals surface area contributed by atoms with Gasteiger partial charge in [-0.25, -0.2) is 23.5 Å². The van der Waals surface area contributed by atoms with Gasteiger partial charge in [-0.2, -0.15) is 0 Å². The van der Waals surface area contributed by atoms with Crippen LogP contribution in [0.2, 0.25) is 0 Å². The maximum Gasteiger partial charge on any atom is 0.273 e. The van der Waals surface area contributed by atoms with Crippen molar-refractivity contribution in [2.45, 2.75) is 31.1 Å². The third-order valence-corrected chi connectivity index (χ3v) is 4.97. The Hall–Kier alpha value is -2.52. The highest BCUT2D eigenvalue weighted by atomic mass is 32.2. The largest absolute Gasteiger partial charge is 0.368 e. The minimum Gasteiger partial charge on any atom is -0.368 e. The molecular formula is C18H25N5O3S. The summed E-state index contributed by atoms with van der Waals surface area (Å²) >= 11 is 0. The van der Waals surface area contributed by atoms with Crippen LogP contribution < -0.4 is 10.5 Å². The molecule has 1 aromatic heterocycles. The van der Waals surface area contributed by atoms with Crippen LogP contribution in [0.15, 0.2) is 41.6 Å². The predicted molar refractivity (Wildman–Crippen MR) is 104 cm³/mol. The molecule has 8 nitrogen and oxygen atoms in total. The van der Waals surface area contributed by atoms with Crippen LogP contribution in [0.4, 0.5) is 5.82 Å². The molecule has 1 amide bonds. The van der Waals surface area contributed by atoms with Crippen LogP contribution in [-0.2, 0) is 16.4 Å². The quantitative estimate of drug-likeness (QED) is 0.671. The highest BCUT2D eigenvalue weighted by molar-refractivity contribution is 7.89. The van der Waals surface area contributed by atoms with Crippen LogP contribution in [0, 0.1) is 0 Å². The van der Waals surface area contributed by atoms with E-state index in [0.717, 1.165) is 18.4 Å². The number of nitrogens with zero attached hydrogens (tertiary/aromatic N) is 3. The van der Waals surface area contributed by atoms with E-state index in [0.29, 0.717) is 31.0 Å². The van der Waals surface area contributed by atoms with Gasteiger partial charge in [0.15, 0.2) is 0 Å². The maximum atomic E-state index is 12.2. The Morgan fingerprint density at radius 3 is 2.44 bits per heavy atom. The Bertz CT molecular complexity index is 852. The number of nitrogens with one attached hydrogen (secondary N) is 1. The van der Waals surface area contributed by atoms with Crippen molar-refractivity contribution in [1.82, 2.24) is 14.9 Å². The van der Waals surface area contributed by atoms with Crippen LogP contribution in [0.5, 0.6) is 0 Å². The lowest BCUT2D eigenvalue weighted by atomic mass is 10.1. The van der Waals surface area contributed by atoms with Crippen molar-refractivity contribution >= 4 is 21.7 Å². The number of aromatic nitrogens is 2. The van der Waals surface area contributed by atoms with Crippen molar-refractivity contribution in [1.29, 1.82) is 0 Å². The second-order valence-corrected chi connectivity index (χ2v) is 7.79. The first-order valence-electron chi connectivity index (χ1n) is 8.74. The predicted octanol–water partition coefficient (Wildman–Crippen LogP) is 1.65. The number of carbonyl (C=O) groups excluding carboxylic acids is 1. The number of sulfonamides is 1. The standard InChI is InChI=1S/C18H25N5O3S/c1-3-4-11-23(2)18(24)16-12-22-17(13-21-16)20-10-9-14-5-7-15(8-6-14)27(19,25)26/h5-8,12-13H,3-4,9-11H2,1-2H3,(H,20,22)(H2,19,25,26). The fourth-order valence-electron chi connectivity index (χ4n) is 2.40. The zero-order valence-electron chi connectivity index (χ0n) is 15.6. The van der Waals surface area contributed by atoms with Crippen molar-refractivity contribution in [3.8, 4) is 0 Å². The van der Waals surface area contributed by atoms with Crippen LogP contribution in [0.1, 0.15) is 35.8 Å². The Kier molecular flexibility index (Phi) is 7.26. The lowest BCUT2D eigenvalue weighted by molar-refractivity contribution is 0.0787. The molecule has 2 rings (SSSR count). The zero-order chi connectivity index (χ0) is 19.9. The molecule has 0 unspecified atom stereocenters. The molecule has 2 aromatic rings. The average molecular weight is 391 g/mol. The summed E-state index contributed by atoms with van der Waals surface area (Å²) in [5.74, 6) is 0.432. The molecule has 0 radical (unpaired) electrons. The number of carbonyl (C=O) groups is 1. The summed E-state index contributed by atoms with van der Waals surface area (Å²) in [4.78, 5) is 22.3. The summed E-state index contributed by atoms with van der Waals surface area (Å²) in [5, 5.41) is 8.20. The number of rotatable bonds is 9. The fourth-order valence-corrected chi connectivity index (χ4v) is 2.92. The van der Waals surface area contributed by atoms with E-state index in [1.807, 2.05) is 0 Å². The number of anilines is 1. The molecule has 146 valence electrons. The molecule has 0 aliphatic rings. The molecule has 0 aliphatic heterocycles. The van der Waals surface area contributed by atoms with Crippen molar-refractivity contribution in [2.24, 2.45) is 5.14 Å². The fraction of sp³-hybridized carbons (Fsp3) is 0.389. The molecule has 9 heteroatoms. The summed E-state index contributed by atoms with van der Waals surface area (Å²) in [7, 11) is -1.91. The lowest BCUT2D eigenvalue weighted by Crippen LogP contribution is -2.28. The van der Waals surface area contributed by atoms with Gasteiger partial charge in [-0.15, -0.1) is 0 Å². The SMILES string of the molecule is CCCCN(C)C(=O)c1cnc(NCCc2ccc(S(N)(=O)=O)cc2)cn1.